The van der Waals surface area contributed by atoms with Crippen LogP contribution in [0, 0.1) is 6.92 Å². The second kappa shape index (κ2) is 7.90. The molecule has 0 bridgehead atoms. The van der Waals surface area contributed by atoms with E-state index < -0.39 is 0 Å². The minimum atomic E-state index is 0.194. The number of piperidine rings is 1. The summed E-state index contributed by atoms with van der Waals surface area (Å²) in [4.78, 5) is 18.7. The van der Waals surface area contributed by atoms with Crippen molar-refractivity contribution in [3.63, 3.8) is 0 Å². The van der Waals surface area contributed by atoms with E-state index in [1.165, 1.54) is 0 Å². The number of nitrogens with zero attached hydrogens (tertiary/aromatic N) is 3. The minimum Gasteiger partial charge on any atom is -0.342 e. The third-order valence-electron chi connectivity index (χ3n) is 4.32. The molecule has 0 aliphatic carbocycles. The molecular formula is C19H23N3O2. The maximum atomic E-state index is 12.4. The van der Waals surface area contributed by atoms with Gasteiger partial charge in [0.2, 0.25) is 11.8 Å². The summed E-state index contributed by atoms with van der Waals surface area (Å²) in [6.45, 7) is 3.32. The van der Waals surface area contributed by atoms with E-state index in [0.717, 1.165) is 37.2 Å². The molecule has 0 radical (unpaired) electrons. The average molecular weight is 325 g/mol. The molecule has 5 nitrogen and oxygen atoms in total. The largest absolute Gasteiger partial charge is 0.342 e. The first-order chi connectivity index (χ1) is 11.7. The third-order valence-corrected chi connectivity index (χ3v) is 4.32. The molecule has 24 heavy (non-hydrogen) atoms. The van der Waals surface area contributed by atoms with Crippen molar-refractivity contribution >= 4 is 12.0 Å². The summed E-state index contributed by atoms with van der Waals surface area (Å²) in [6.07, 6.45) is 7.43. The molecule has 3 rings (SSSR count). The smallest absolute Gasteiger partial charge is 0.223 e. The summed E-state index contributed by atoms with van der Waals surface area (Å²) in [5.41, 5.74) is 1.16. The van der Waals surface area contributed by atoms with E-state index in [1.807, 2.05) is 23.1 Å². The lowest BCUT2D eigenvalue weighted by molar-refractivity contribution is -0.132. The Labute approximate surface area is 142 Å². The Morgan fingerprint density at radius 3 is 2.96 bits per heavy atom. The van der Waals surface area contributed by atoms with Gasteiger partial charge < -0.3 is 9.42 Å². The van der Waals surface area contributed by atoms with Crippen LogP contribution < -0.4 is 0 Å². The Hall–Kier alpha value is -2.43. The number of aryl methyl sites for hydroxylation is 1. The molecule has 0 spiro atoms. The Morgan fingerprint density at radius 2 is 2.21 bits per heavy atom. The zero-order valence-electron chi connectivity index (χ0n) is 14.0. The van der Waals surface area contributed by atoms with E-state index in [2.05, 4.69) is 34.4 Å². The fourth-order valence-corrected chi connectivity index (χ4v) is 3.04. The zero-order valence-corrected chi connectivity index (χ0v) is 14.0. The standard InChI is InChI=1S/C19H23N3O2/c1-15-20-19(21-24-15)17-11-7-13-22(14-17)18(23)12-6-5-10-16-8-3-2-4-9-16/h2-5,8-10,17H,6-7,11-14H2,1H3. The summed E-state index contributed by atoms with van der Waals surface area (Å²) in [5.74, 6) is 1.71. The van der Waals surface area contributed by atoms with E-state index in [1.54, 1.807) is 6.92 Å². The summed E-state index contributed by atoms with van der Waals surface area (Å²) in [7, 11) is 0. The summed E-state index contributed by atoms with van der Waals surface area (Å²) < 4.78 is 5.06. The van der Waals surface area contributed by atoms with E-state index in [-0.39, 0.29) is 11.8 Å². The maximum absolute atomic E-state index is 12.4. The molecule has 1 saturated heterocycles. The monoisotopic (exact) mass is 325 g/mol. The molecule has 1 aromatic heterocycles. The van der Waals surface area contributed by atoms with E-state index in [0.29, 0.717) is 18.9 Å². The van der Waals surface area contributed by atoms with Gasteiger partial charge in [-0.1, -0.05) is 47.6 Å². The topological polar surface area (TPSA) is 59.2 Å². The number of amides is 1. The van der Waals surface area contributed by atoms with Crippen molar-refractivity contribution in [3.05, 3.63) is 53.7 Å². The first-order valence-electron chi connectivity index (χ1n) is 8.52. The van der Waals surface area contributed by atoms with Gasteiger partial charge in [-0.05, 0) is 24.8 Å². The van der Waals surface area contributed by atoms with Gasteiger partial charge >= 0.3 is 0 Å². The van der Waals surface area contributed by atoms with Crippen molar-refractivity contribution in [1.82, 2.24) is 15.0 Å². The van der Waals surface area contributed by atoms with E-state index in [4.69, 9.17) is 4.52 Å². The Morgan fingerprint density at radius 1 is 1.38 bits per heavy atom. The van der Waals surface area contributed by atoms with Crippen LogP contribution in [0.1, 0.15) is 48.9 Å². The van der Waals surface area contributed by atoms with Crippen LogP contribution in [0.2, 0.25) is 0 Å². The molecular weight excluding hydrogens is 302 g/mol. The van der Waals surface area contributed by atoms with Crippen LogP contribution in [0.3, 0.4) is 0 Å². The highest BCUT2D eigenvalue weighted by molar-refractivity contribution is 5.76. The van der Waals surface area contributed by atoms with Crippen LogP contribution in [0.4, 0.5) is 0 Å². The van der Waals surface area contributed by atoms with Gasteiger partial charge in [0.25, 0.3) is 0 Å². The molecule has 2 heterocycles. The predicted molar refractivity (Wildman–Crippen MR) is 92.3 cm³/mol. The number of hydrogen-bond acceptors (Lipinski definition) is 4. The van der Waals surface area contributed by atoms with Crippen LogP contribution in [-0.2, 0) is 4.79 Å². The normalized spacial score (nSPS) is 18.2. The maximum Gasteiger partial charge on any atom is 0.223 e. The van der Waals surface area contributed by atoms with Gasteiger partial charge in [-0.3, -0.25) is 4.79 Å². The molecule has 1 amide bonds. The van der Waals surface area contributed by atoms with Gasteiger partial charge in [0, 0.05) is 32.4 Å². The van der Waals surface area contributed by atoms with Gasteiger partial charge in [0.1, 0.15) is 0 Å². The lowest BCUT2D eigenvalue weighted by atomic mass is 9.97. The second-order valence-corrected chi connectivity index (χ2v) is 6.20. The zero-order chi connectivity index (χ0) is 16.8. The molecule has 126 valence electrons. The van der Waals surface area contributed by atoms with Gasteiger partial charge in [0.05, 0.1) is 0 Å². The number of aromatic nitrogens is 2. The number of carbonyl (C=O) groups is 1. The van der Waals surface area contributed by atoms with Crippen LogP contribution in [0.15, 0.2) is 40.9 Å². The Balaban J connectivity index is 1.48. The van der Waals surface area contributed by atoms with Crippen molar-refractivity contribution in [2.24, 2.45) is 0 Å². The van der Waals surface area contributed by atoms with Crippen molar-refractivity contribution in [1.29, 1.82) is 0 Å². The quantitative estimate of drug-likeness (QED) is 0.843. The molecule has 0 N–H and O–H groups in total. The minimum absolute atomic E-state index is 0.194. The molecule has 5 heteroatoms. The summed E-state index contributed by atoms with van der Waals surface area (Å²) in [6, 6.07) is 10.1. The van der Waals surface area contributed by atoms with Crippen molar-refractivity contribution in [2.45, 2.75) is 38.5 Å². The highest BCUT2D eigenvalue weighted by Gasteiger charge is 2.27. The summed E-state index contributed by atoms with van der Waals surface area (Å²) >= 11 is 0. The number of likely N-dealkylation sites (tertiary alicyclic amines) is 1. The molecule has 1 aliphatic heterocycles. The van der Waals surface area contributed by atoms with E-state index in [9.17, 15) is 4.79 Å². The fraction of sp³-hybridized carbons (Fsp3) is 0.421. The van der Waals surface area contributed by atoms with Crippen LogP contribution >= 0.6 is 0 Å². The van der Waals surface area contributed by atoms with Gasteiger partial charge in [0.15, 0.2) is 5.82 Å². The highest BCUT2D eigenvalue weighted by atomic mass is 16.5. The Kier molecular flexibility index (Phi) is 5.41. The van der Waals surface area contributed by atoms with Gasteiger partial charge in [-0.15, -0.1) is 0 Å². The van der Waals surface area contributed by atoms with Gasteiger partial charge in [-0.25, -0.2) is 0 Å². The van der Waals surface area contributed by atoms with E-state index >= 15 is 0 Å². The van der Waals surface area contributed by atoms with Crippen LogP contribution in [0.5, 0.6) is 0 Å². The fourth-order valence-electron chi connectivity index (χ4n) is 3.04. The SMILES string of the molecule is Cc1nc(C2CCCN(C(=O)CCC=Cc3ccccc3)C2)no1. The summed E-state index contributed by atoms with van der Waals surface area (Å²) in [5, 5.41) is 4.01. The molecule has 0 saturated carbocycles. The number of hydrogen-bond donors (Lipinski definition) is 0. The van der Waals surface area contributed by atoms with Crippen LogP contribution in [-0.4, -0.2) is 34.0 Å². The second-order valence-electron chi connectivity index (χ2n) is 6.20. The lowest BCUT2D eigenvalue weighted by Crippen LogP contribution is -2.39. The molecule has 2 aromatic rings. The molecule has 1 aliphatic rings. The van der Waals surface area contributed by atoms with Crippen molar-refractivity contribution in [2.75, 3.05) is 13.1 Å². The van der Waals surface area contributed by atoms with Gasteiger partial charge in [-0.2, -0.15) is 4.98 Å². The molecule has 1 fully saturated rings. The third kappa shape index (κ3) is 4.31. The Bertz CT molecular complexity index is 694. The first kappa shape index (κ1) is 16.4. The highest BCUT2D eigenvalue weighted by Crippen LogP contribution is 2.25. The molecule has 1 atom stereocenters. The number of rotatable bonds is 5. The number of benzene rings is 1. The first-order valence-corrected chi connectivity index (χ1v) is 8.52. The molecule has 1 aromatic carbocycles. The van der Waals surface area contributed by atoms with Crippen molar-refractivity contribution < 1.29 is 9.32 Å². The number of carbonyl (C=O) groups excluding carboxylic acids is 1. The average Bonchev–Trinajstić information content (AvgIpc) is 3.06. The van der Waals surface area contributed by atoms with Crippen LogP contribution in [0.25, 0.3) is 6.08 Å². The predicted octanol–water partition coefficient (Wildman–Crippen LogP) is 3.58. The number of allylic oxidation sites excluding steroid dienone is 1. The molecule has 1 unspecified atom stereocenters. The van der Waals surface area contributed by atoms with Crippen molar-refractivity contribution in [3.8, 4) is 0 Å². The lowest BCUT2D eigenvalue weighted by Gasteiger charge is -2.31.